The van der Waals surface area contributed by atoms with Crippen molar-refractivity contribution in [3.8, 4) is 11.5 Å². The van der Waals surface area contributed by atoms with Gasteiger partial charge in [-0.1, -0.05) is 24.3 Å². The molecule has 4 heterocycles. The second kappa shape index (κ2) is 5.93. The Morgan fingerprint density at radius 1 is 1.03 bits per heavy atom. The summed E-state index contributed by atoms with van der Waals surface area (Å²) in [6.45, 7) is 0.0964. The molecule has 0 bridgehead atoms. The molecule has 0 radical (unpaired) electrons. The molecular formula is C22H18N3O5+. The summed E-state index contributed by atoms with van der Waals surface area (Å²) in [6, 6.07) is 11.5. The number of rotatable bonds is 2. The van der Waals surface area contributed by atoms with Crippen LogP contribution in [0.3, 0.4) is 0 Å². The molecule has 0 saturated carbocycles. The van der Waals surface area contributed by atoms with Gasteiger partial charge in [0.05, 0.1) is 11.9 Å². The SMILES string of the molecule is NC(=O)[C@@H]1[C@@H]2C(=O)N(c3ccc4c(c3)OCO4)C(=O)[C@@H]2[C@H]2c3ccccc3C=C[NH+]12. The zero-order valence-electron chi connectivity index (χ0n) is 15.8. The number of ether oxygens (including phenoxy) is 2. The first-order chi connectivity index (χ1) is 14.6. The molecule has 150 valence electrons. The lowest BCUT2D eigenvalue weighted by atomic mass is 9.84. The molecule has 1 unspecified atom stereocenters. The molecule has 5 atom stereocenters. The second-order valence-corrected chi connectivity index (χ2v) is 7.92. The lowest BCUT2D eigenvalue weighted by molar-refractivity contribution is -0.884. The number of carbonyl (C=O) groups is 3. The standard InChI is InChI=1S/C22H17N3O5/c23-20(26)19-17-16(18-13-4-2-1-3-11(13)7-8-24(18)19)21(27)25(22(17)28)12-5-6-14-15(9-12)30-10-29-14/h1-9,16-19H,10H2,(H2,23,26)/p+1/t16-,17+,18+,19-/m0/s1. The Morgan fingerprint density at radius 2 is 1.80 bits per heavy atom. The molecule has 3 amide bonds. The molecule has 2 fully saturated rings. The first-order valence-corrected chi connectivity index (χ1v) is 9.77. The molecule has 0 aliphatic carbocycles. The molecule has 6 rings (SSSR count). The molecule has 0 spiro atoms. The van der Waals surface area contributed by atoms with Crippen LogP contribution in [0.1, 0.15) is 17.2 Å². The number of hydrogen-bond acceptors (Lipinski definition) is 5. The Labute approximate surface area is 171 Å². The molecule has 4 aliphatic rings. The van der Waals surface area contributed by atoms with Gasteiger partial charge in [0.25, 0.3) is 5.91 Å². The average molecular weight is 404 g/mol. The van der Waals surface area contributed by atoms with Gasteiger partial charge in [-0.25, -0.2) is 4.90 Å². The van der Waals surface area contributed by atoms with Crippen molar-refractivity contribution in [3.63, 3.8) is 0 Å². The van der Waals surface area contributed by atoms with Gasteiger partial charge >= 0.3 is 0 Å². The number of fused-ring (bicyclic) bond motifs is 6. The number of anilines is 1. The highest BCUT2D eigenvalue weighted by Gasteiger charge is 2.68. The number of nitrogens with zero attached hydrogens (tertiary/aromatic N) is 1. The highest BCUT2D eigenvalue weighted by atomic mass is 16.7. The Kier molecular flexibility index (Phi) is 3.41. The van der Waals surface area contributed by atoms with E-state index in [4.69, 9.17) is 15.2 Å². The Morgan fingerprint density at radius 3 is 2.63 bits per heavy atom. The first-order valence-electron chi connectivity index (χ1n) is 9.77. The number of quaternary nitrogens is 1. The monoisotopic (exact) mass is 404 g/mol. The number of nitrogens with one attached hydrogen (secondary N) is 1. The van der Waals surface area contributed by atoms with Crippen molar-refractivity contribution in [2.75, 3.05) is 11.7 Å². The third-order valence-electron chi connectivity index (χ3n) is 6.54. The smallest absolute Gasteiger partial charge is 0.277 e. The third-order valence-corrected chi connectivity index (χ3v) is 6.54. The number of imide groups is 1. The van der Waals surface area contributed by atoms with Crippen LogP contribution in [-0.4, -0.2) is 30.6 Å². The fourth-order valence-electron chi connectivity index (χ4n) is 5.35. The molecule has 2 saturated heterocycles. The van der Waals surface area contributed by atoms with Gasteiger partial charge in [0.15, 0.2) is 17.5 Å². The predicted octanol–water partition coefficient (Wildman–Crippen LogP) is -0.00110. The van der Waals surface area contributed by atoms with Crippen molar-refractivity contribution in [1.82, 2.24) is 0 Å². The average Bonchev–Trinajstić information content (AvgIpc) is 3.41. The summed E-state index contributed by atoms with van der Waals surface area (Å²) >= 11 is 0. The molecule has 30 heavy (non-hydrogen) atoms. The number of benzene rings is 2. The van der Waals surface area contributed by atoms with E-state index in [9.17, 15) is 14.4 Å². The van der Waals surface area contributed by atoms with E-state index in [1.54, 1.807) is 18.2 Å². The first kappa shape index (κ1) is 17.2. The van der Waals surface area contributed by atoms with Crippen LogP contribution < -0.4 is 25.0 Å². The second-order valence-electron chi connectivity index (χ2n) is 7.92. The lowest BCUT2D eigenvalue weighted by Gasteiger charge is -2.30. The van der Waals surface area contributed by atoms with Crippen molar-refractivity contribution in [1.29, 1.82) is 0 Å². The van der Waals surface area contributed by atoms with Crippen molar-refractivity contribution < 1.29 is 28.8 Å². The minimum Gasteiger partial charge on any atom is -0.454 e. The Hall–Kier alpha value is -3.65. The maximum absolute atomic E-state index is 13.6. The van der Waals surface area contributed by atoms with E-state index in [1.807, 2.05) is 36.5 Å². The van der Waals surface area contributed by atoms with E-state index in [0.29, 0.717) is 17.2 Å². The van der Waals surface area contributed by atoms with E-state index in [2.05, 4.69) is 0 Å². The van der Waals surface area contributed by atoms with Crippen LogP contribution in [0, 0.1) is 11.8 Å². The van der Waals surface area contributed by atoms with Gasteiger partial charge in [-0.15, -0.1) is 0 Å². The summed E-state index contributed by atoms with van der Waals surface area (Å²) in [5, 5.41) is 0. The van der Waals surface area contributed by atoms with Crippen molar-refractivity contribution in [2.45, 2.75) is 12.1 Å². The summed E-state index contributed by atoms with van der Waals surface area (Å²) in [5.74, 6) is -1.73. The highest BCUT2D eigenvalue weighted by molar-refractivity contribution is 6.23. The molecule has 3 N–H and O–H groups in total. The number of carbonyl (C=O) groups excluding carboxylic acids is 3. The number of amides is 3. The van der Waals surface area contributed by atoms with E-state index in [0.717, 1.165) is 16.0 Å². The zero-order chi connectivity index (χ0) is 20.6. The summed E-state index contributed by atoms with van der Waals surface area (Å²) in [5.41, 5.74) is 8.07. The van der Waals surface area contributed by atoms with Gasteiger partial charge in [-0.3, -0.25) is 19.3 Å². The van der Waals surface area contributed by atoms with Crippen LogP contribution in [0.5, 0.6) is 11.5 Å². The van der Waals surface area contributed by atoms with Crippen molar-refractivity contribution in [3.05, 3.63) is 59.8 Å². The van der Waals surface area contributed by atoms with E-state index < -0.39 is 29.7 Å². The summed E-state index contributed by atoms with van der Waals surface area (Å²) in [4.78, 5) is 41.4. The number of primary amides is 1. The fraction of sp³-hybridized carbons (Fsp3) is 0.227. The maximum atomic E-state index is 13.6. The number of nitrogens with two attached hydrogens (primary N) is 1. The molecule has 2 aromatic carbocycles. The molecular weight excluding hydrogens is 386 g/mol. The quantitative estimate of drug-likeness (QED) is 0.686. The molecule has 0 aromatic heterocycles. The van der Waals surface area contributed by atoms with Gasteiger partial charge in [0.2, 0.25) is 18.6 Å². The minimum atomic E-state index is -0.809. The summed E-state index contributed by atoms with van der Waals surface area (Å²) in [7, 11) is 0. The van der Waals surface area contributed by atoms with Crippen molar-refractivity contribution >= 4 is 29.5 Å². The fourth-order valence-corrected chi connectivity index (χ4v) is 5.35. The van der Waals surface area contributed by atoms with Gasteiger partial charge in [0.1, 0.15) is 17.9 Å². The van der Waals surface area contributed by atoms with Crippen LogP contribution in [0.15, 0.2) is 48.7 Å². The molecule has 4 aliphatic heterocycles. The Balaban J connectivity index is 1.47. The van der Waals surface area contributed by atoms with Crippen LogP contribution >= 0.6 is 0 Å². The summed E-state index contributed by atoms with van der Waals surface area (Å²) < 4.78 is 10.7. The largest absolute Gasteiger partial charge is 0.454 e. The van der Waals surface area contributed by atoms with Crippen LogP contribution in [0.25, 0.3) is 6.08 Å². The van der Waals surface area contributed by atoms with Crippen LogP contribution in [0.4, 0.5) is 5.69 Å². The van der Waals surface area contributed by atoms with Crippen LogP contribution in [0.2, 0.25) is 0 Å². The van der Waals surface area contributed by atoms with E-state index in [1.165, 1.54) is 4.90 Å². The van der Waals surface area contributed by atoms with E-state index in [-0.39, 0.29) is 18.7 Å². The molecule has 8 heteroatoms. The normalized spacial score (nSPS) is 30.3. The Bertz CT molecular complexity index is 1160. The summed E-state index contributed by atoms with van der Waals surface area (Å²) in [6.07, 6.45) is 3.77. The van der Waals surface area contributed by atoms with Gasteiger partial charge in [-0.2, -0.15) is 0 Å². The van der Waals surface area contributed by atoms with Crippen molar-refractivity contribution in [2.24, 2.45) is 17.6 Å². The molecule has 8 nitrogen and oxygen atoms in total. The zero-order valence-corrected chi connectivity index (χ0v) is 15.8. The topological polar surface area (TPSA) is 103 Å². The van der Waals surface area contributed by atoms with Gasteiger partial charge in [0, 0.05) is 11.6 Å². The van der Waals surface area contributed by atoms with E-state index >= 15 is 0 Å². The van der Waals surface area contributed by atoms with Gasteiger partial charge in [-0.05, 0) is 23.8 Å². The number of hydrogen-bond donors (Lipinski definition) is 2. The lowest BCUT2D eigenvalue weighted by Crippen LogP contribution is -3.12. The predicted molar refractivity (Wildman–Crippen MR) is 104 cm³/mol. The highest BCUT2D eigenvalue weighted by Crippen LogP contribution is 2.45. The van der Waals surface area contributed by atoms with Crippen LogP contribution in [-0.2, 0) is 14.4 Å². The third kappa shape index (κ3) is 2.11. The maximum Gasteiger partial charge on any atom is 0.277 e. The molecule has 2 aromatic rings. The minimum absolute atomic E-state index is 0.0964. The van der Waals surface area contributed by atoms with Gasteiger partial charge < -0.3 is 15.2 Å².